The molecule has 0 heterocycles. The van der Waals surface area contributed by atoms with E-state index < -0.39 is 0 Å². The second-order valence-electron chi connectivity index (χ2n) is 5.08. The molecule has 0 radical (unpaired) electrons. The minimum Gasteiger partial charge on any atom is -0.0620 e. The predicted molar refractivity (Wildman–Crippen MR) is 61.0 cm³/mol. The van der Waals surface area contributed by atoms with E-state index in [1.807, 2.05) is 0 Å². The Morgan fingerprint density at radius 1 is 0.769 bits per heavy atom. The topological polar surface area (TPSA) is 0 Å². The third kappa shape index (κ3) is 9.13. The van der Waals surface area contributed by atoms with Gasteiger partial charge in [0.1, 0.15) is 0 Å². The van der Waals surface area contributed by atoms with Crippen molar-refractivity contribution in [2.24, 2.45) is 5.41 Å². The molecule has 0 amide bonds. The maximum absolute atomic E-state index is 2.19. The summed E-state index contributed by atoms with van der Waals surface area (Å²) in [6, 6.07) is 8.36. The minimum atomic E-state index is 0.500. The zero-order valence-corrected chi connectivity index (χ0v) is 9.81. The number of hydrogen-bond donors (Lipinski definition) is 0. The van der Waals surface area contributed by atoms with E-state index in [2.05, 4.69) is 65.8 Å². The van der Waals surface area contributed by atoms with Gasteiger partial charge in [0, 0.05) is 0 Å². The fourth-order valence-corrected chi connectivity index (χ4v) is 0.663. The molecule has 0 spiro atoms. The van der Waals surface area contributed by atoms with E-state index in [1.165, 1.54) is 11.1 Å². The summed E-state index contributed by atoms with van der Waals surface area (Å²) < 4.78 is 0. The lowest BCUT2D eigenvalue weighted by Gasteiger charge is -2.05. The maximum atomic E-state index is 2.19. The molecule has 0 saturated heterocycles. The lowest BCUT2D eigenvalue weighted by Crippen LogP contribution is -1.93. The maximum Gasteiger partial charge on any atom is -0.0395 e. The summed E-state index contributed by atoms with van der Waals surface area (Å²) in [4.78, 5) is 0. The van der Waals surface area contributed by atoms with Crippen LogP contribution in [-0.2, 0) is 0 Å². The van der Waals surface area contributed by atoms with Crippen molar-refractivity contribution < 1.29 is 0 Å². The van der Waals surface area contributed by atoms with Gasteiger partial charge < -0.3 is 0 Å². The van der Waals surface area contributed by atoms with E-state index in [-0.39, 0.29) is 0 Å². The van der Waals surface area contributed by atoms with Crippen molar-refractivity contribution >= 4 is 0 Å². The quantitative estimate of drug-likeness (QED) is 0.554. The van der Waals surface area contributed by atoms with Crippen LogP contribution in [0.25, 0.3) is 0 Å². The van der Waals surface area contributed by atoms with Gasteiger partial charge in [-0.15, -0.1) is 0 Å². The first-order chi connectivity index (χ1) is 5.80. The van der Waals surface area contributed by atoms with E-state index in [0.717, 1.165) is 0 Å². The SMILES string of the molecule is CC(C)(C)C.Cc1ccccc1C. The molecule has 13 heavy (non-hydrogen) atoms. The molecular formula is C13H22. The summed E-state index contributed by atoms with van der Waals surface area (Å²) in [6.07, 6.45) is 0. The van der Waals surface area contributed by atoms with Crippen LogP contribution in [-0.4, -0.2) is 0 Å². The Bertz CT molecular complexity index is 213. The molecule has 0 atom stereocenters. The molecule has 0 aliphatic rings. The molecule has 74 valence electrons. The second kappa shape index (κ2) is 5.06. The number of rotatable bonds is 0. The average molecular weight is 178 g/mol. The highest BCUT2D eigenvalue weighted by molar-refractivity contribution is 5.23. The molecule has 0 bridgehead atoms. The molecule has 0 saturated carbocycles. The first kappa shape index (κ1) is 12.2. The minimum absolute atomic E-state index is 0.500. The summed E-state index contributed by atoms with van der Waals surface area (Å²) in [6.45, 7) is 13.0. The monoisotopic (exact) mass is 178 g/mol. The Balaban J connectivity index is 0.000000252. The van der Waals surface area contributed by atoms with Crippen LogP contribution in [0.2, 0.25) is 0 Å². The smallest absolute Gasteiger partial charge is 0.0395 e. The third-order valence-electron chi connectivity index (χ3n) is 1.43. The van der Waals surface area contributed by atoms with Crippen molar-refractivity contribution in [2.45, 2.75) is 41.5 Å². The van der Waals surface area contributed by atoms with Gasteiger partial charge in [-0.1, -0.05) is 52.0 Å². The molecule has 0 nitrogen and oxygen atoms in total. The normalized spacial score (nSPS) is 10.3. The Kier molecular flexibility index (Phi) is 4.76. The average Bonchev–Trinajstić information content (AvgIpc) is 1.92. The van der Waals surface area contributed by atoms with Crippen LogP contribution in [0.5, 0.6) is 0 Å². The van der Waals surface area contributed by atoms with Gasteiger partial charge in [0.15, 0.2) is 0 Å². The molecule has 0 N–H and O–H groups in total. The van der Waals surface area contributed by atoms with Crippen LogP contribution in [0.15, 0.2) is 24.3 Å². The van der Waals surface area contributed by atoms with Gasteiger partial charge in [-0.2, -0.15) is 0 Å². The molecule has 1 aromatic rings. The molecule has 0 heteroatoms. The summed E-state index contributed by atoms with van der Waals surface area (Å²) in [5.41, 5.74) is 3.24. The largest absolute Gasteiger partial charge is 0.0620 e. The van der Waals surface area contributed by atoms with Crippen LogP contribution in [0.1, 0.15) is 38.8 Å². The van der Waals surface area contributed by atoms with Crippen molar-refractivity contribution in [3.8, 4) is 0 Å². The van der Waals surface area contributed by atoms with Crippen LogP contribution in [0.3, 0.4) is 0 Å². The molecule has 0 unspecified atom stereocenters. The van der Waals surface area contributed by atoms with Gasteiger partial charge in [0.05, 0.1) is 0 Å². The third-order valence-corrected chi connectivity index (χ3v) is 1.43. The lowest BCUT2D eigenvalue weighted by molar-refractivity contribution is 0.469. The highest BCUT2D eigenvalue weighted by Gasteiger charge is 1.95. The standard InChI is InChI=1S/C8H10.C5H12/c1-7-5-3-4-6-8(7)2;1-5(2,3)4/h3-6H,1-2H3;1-4H3. The van der Waals surface area contributed by atoms with Gasteiger partial charge in [0.2, 0.25) is 0 Å². The molecule has 1 rings (SSSR count). The summed E-state index contributed by atoms with van der Waals surface area (Å²) in [5.74, 6) is 0. The summed E-state index contributed by atoms with van der Waals surface area (Å²) in [5, 5.41) is 0. The molecule has 0 aliphatic carbocycles. The molecule has 0 aromatic heterocycles. The Morgan fingerprint density at radius 3 is 1.15 bits per heavy atom. The molecular weight excluding hydrogens is 156 g/mol. The van der Waals surface area contributed by atoms with Crippen molar-refractivity contribution in [1.82, 2.24) is 0 Å². The van der Waals surface area contributed by atoms with E-state index in [0.29, 0.717) is 5.41 Å². The molecule has 1 aromatic carbocycles. The van der Waals surface area contributed by atoms with E-state index in [1.54, 1.807) is 0 Å². The lowest BCUT2D eigenvalue weighted by atomic mass is 10.0. The second-order valence-corrected chi connectivity index (χ2v) is 5.08. The van der Waals surface area contributed by atoms with Crippen LogP contribution >= 0.6 is 0 Å². The van der Waals surface area contributed by atoms with Crippen molar-refractivity contribution in [3.63, 3.8) is 0 Å². The van der Waals surface area contributed by atoms with Gasteiger partial charge in [-0.3, -0.25) is 0 Å². The zero-order chi connectivity index (χ0) is 10.5. The Morgan fingerprint density at radius 2 is 1.00 bits per heavy atom. The van der Waals surface area contributed by atoms with Crippen LogP contribution in [0, 0.1) is 19.3 Å². The van der Waals surface area contributed by atoms with Crippen LogP contribution in [0.4, 0.5) is 0 Å². The van der Waals surface area contributed by atoms with E-state index in [4.69, 9.17) is 0 Å². The van der Waals surface area contributed by atoms with Gasteiger partial charge in [0.25, 0.3) is 0 Å². The number of hydrogen-bond acceptors (Lipinski definition) is 0. The molecule has 0 aliphatic heterocycles. The van der Waals surface area contributed by atoms with Gasteiger partial charge in [-0.25, -0.2) is 0 Å². The highest BCUT2D eigenvalue weighted by atomic mass is 14.0. The first-order valence-electron chi connectivity index (χ1n) is 4.83. The van der Waals surface area contributed by atoms with Crippen LogP contribution < -0.4 is 0 Å². The first-order valence-corrected chi connectivity index (χ1v) is 4.83. The van der Waals surface area contributed by atoms with Crippen molar-refractivity contribution in [3.05, 3.63) is 35.4 Å². The zero-order valence-electron chi connectivity index (χ0n) is 9.81. The van der Waals surface area contributed by atoms with Gasteiger partial charge in [-0.05, 0) is 30.4 Å². The Labute approximate surface area is 83.0 Å². The van der Waals surface area contributed by atoms with E-state index in [9.17, 15) is 0 Å². The fourth-order valence-electron chi connectivity index (χ4n) is 0.663. The number of benzene rings is 1. The molecule has 0 fully saturated rings. The fraction of sp³-hybridized carbons (Fsp3) is 0.538. The van der Waals surface area contributed by atoms with Crippen molar-refractivity contribution in [1.29, 1.82) is 0 Å². The number of aryl methyl sites for hydroxylation is 2. The predicted octanol–water partition coefficient (Wildman–Crippen LogP) is 4.36. The van der Waals surface area contributed by atoms with Gasteiger partial charge >= 0.3 is 0 Å². The highest BCUT2D eigenvalue weighted by Crippen LogP contribution is 2.08. The van der Waals surface area contributed by atoms with E-state index >= 15 is 0 Å². The summed E-state index contributed by atoms with van der Waals surface area (Å²) in [7, 11) is 0. The van der Waals surface area contributed by atoms with Crippen molar-refractivity contribution in [2.75, 3.05) is 0 Å². The summed E-state index contributed by atoms with van der Waals surface area (Å²) >= 11 is 0. The Hall–Kier alpha value is -0.780.